The van der Waals surface area contributed by atoms with Gasteiger partial charge in [-0.25, -0.2) is 0 Å². The monoisotopic (exact) mass is 431 g/mol. The first-order valence-electron chi connectivity index (χ1n) is 10.3. The van der Waals surface area contributed by atoms with E-state index in [1.165, 1.54) is 13.1 Å². The van der Waals surface area contributed by atoms with Gasteiger partial charge in [0.05, 0.1) is 6.10 Å². The van der Waals surface area contributed by atoms with E-state index in [0.29, 0.717) is 12.0 Å². The standard InChI is InChI=1S/C25H22O2.CH6N2.CH5N/c1-3-24(26)23-16-21(15-22(17-23)19-10-6-4-7-11-19)18(2)14-25(27)20-12-8-5-9-13-20;2-1-3;1-2/h3-13,15-17,25,27H,1-2,14H2;1-3H2;2H2,1H3. The van der Waals surface area contributed by atoms with Gasteiger partial charge in [-0.3, -0.25) is 4.79 Å². The minimum Gasteiger partial charge on any atom is -0.388 e. The van der Waals surface area contributed by atoms with Crippen molar-refractivity contribution in [3.05, 3.63) is 115 Å². The lowest BCUT2D eigenvalue weighted by atomic mass is 9.92. The maximum absolute atomic E-state index is 12.2. The number of benzene rings is 3. The van der Waals surface area contributed by atoms with Gasteiger partial charge in [-0.1, -0.05) is 73.8 Å². The maximum Gasteiger partial charge on any atom is 0.185 e. The van der Waals surface area contributed by atoms with Crippen LogP contribution >= 0.6 is 0 Å². The SMILES string of the molecule is C=CC(=O)c1cc(C(=C)CC(O)c2ccccc2)cc(-c2ccccc2)c1.CN.NCN. The zero-order valence-electron chi connectivity index (χ0n) is 18.6. The maximum atomic E-state index is 12.2. The van der Waals surface area contributed by atoms with Crippen molar-refractivity contribution in [2.75, 3.05) is 13.7 Å². The largest absolute Gasteiger partial charge is 0.388 e. The first-order valence-corrected chi connectivity index (χ1v) is 10.3. The van der Waals surface area contributed by atoms with Crippen LogP contribution in [0.15, 0.2) is 98.1 Å². The van der Waals surface area contributed by atoms with E-state index < -0.39 is 6.10 Å². The van der Waals surface area contributed by atoms with Crippen molar-refractivity contribution in [3.63, 3.8) is 0 Å². The van der Waals surface area contributed by atoms with Crippen LogP contribution in [0, 0.1) is 0 Å². The third-order valence-electron chi connectivity index (χ3n) is 4.54. The van der Waals surface area contributed by atoms with Crippen LogP contribution in [0.3, 0.4) is 0 Å². The highest BCUT2D eigenvalue weighted by molar-refractivity contribution is 6.05. The minimum absolute atomic E-state index is 0.134. The zero-order chi connectivity index (χ0) is 23.9. The summed E-state index contributed by atoms with van der Waals surface area (Å²) in [5.74, 6) is -0.134. The number of nitrogens with two attached hydrogens (primary N) is 3. The summed E-state index contributed by atoms with van der Waals surface area (Å²) in [5, 5.41) is 10.5. The van der Waals surface area contributed by atoms with E-state index in [1.54, 1.807) is 0 Å². The first-order chi connectivity index (χ1) is 15.5. The van der Waals surface area contributed by atoms with E-state index in [9.17, 15) is 9.90 Å². The molecule has 0 amide bonds. The second-order valence-electron chi connectivity index (χ2n) is 6.70. The normalized spacial score (nSPS) is 10.5. The van der Waals surface area contributed by atoms with Crippen LogP contribution in [-0.2, 0) is 0 Å². The first kappa shape index (κ1) is 26.7. The molecule has 0 spiro atoms. The fraction of sp³-hybridized carbons (Fsp3) is 0.148. The van der Waals surface area contributed by atoms with E-state index in [4.69, 9.17) is 0 Å². The summed E-state index contributed by atoms with van der Waals surface area (Å²) in [5.41, 5.74) is 18.7. The van der Waals surface area contributed by atoms with Gasteiger partial charge in [0.25, 0.3) is 0 Å². The molecule has 0 radical (unpaired) electrons. The Morgan fingerprint density at radius 2 is 1.41 bits per heavy atom. The molecule has 5 nitrogen and oxygen atoms in total. The summed E-state index contributed by atoms with van der Waals surface area (Å²) in [6.07, 6.45) is 1.07. The van der Waals surface area contributed by atoms with E-state index in [1.807, 2.05) is 78.9 Å². The van der Waals surface area contributed by atoms with Crippen molar-refractivity contribution < 1.29 is 9.90 Å². The third-order valence-corrected chi connectivity index (χ3v) is 4.54. The lowest BCUT2D eigenvalue weighted by Crippen LogP contribution is -2.08. The van der Waals surface area contributed by atoms with Crippen molar-refractivity contribution in [1.29, 1.82) is 0 Å². The van der Waals surface area contributed by atoms with Crippen LogP contribution in [0.25, 0.3) is 16.7 Å². The summed E-state index contributed by atoms with van der Waals surface area (Å²) >= 11 is 0. The predicted molar refractivity (Wildman–Crippen MR) is 135 cm³/mol. The number of carbonyl (C=O) groups is 1. The Kier molecular flexibility index (Phi) is 12.2. The molecular weight excluding hydrogens is 398 g/mol. The Bertz CT molecular complexity index is 986. The predicted octanol–water partition coefficient (Wildman–Crippen LogP) is 4.30. The molecule has 0 aliphatic rings. The molecular formula is C27H33N3O2. The molecule has 3 aromatic rings. The molecule has 3 rings (SSSR count). The van der Waals surface area contributed by atoms with Gasteiger partial charge in [0, 0.05) is 18.7 Å². The number of aliphatic hydroxyl groups excluding tert-OH is 1. The summed E-state index contributed by atoms with van der Waals surface area (Å²) < 4.78 is 0. The quantitative estimate of drug-likeness (QED) is 0.253. The van der Waals surface area contributed by atoms with E-state index in [-0.39, 0.29) is 12.5 Å². The molecule has 0 bridgehead atoms. The van der Waals surface area contributed by atoms with Crippen molar-refractivity contribution in [2.45, 2.75) is 12.5 Å². The fourth-order valence-corrected chi connectivity index (χ4v) is 3.03. The Labute approximate surface area is 190 Å². The molecule has 5 heteroatoms. The van der Waals surface area contributed by atoms with Crippen LogP contribution in [0.2, 0.25) is 0 Å². The Balaban J connectivity index is 0.000000944. The van der Waals surface area contributed by atoms with E-state index in [2.05, 4.69) is 30.4 Å². The van der Waals surface area contributed by atoms with Crippen molar-refractivity contribution in [1.82, 2.24) is 0 Å². The molecule has 1 unspecified atom stereocenters. The summed E-state index contributed by atoms with van der Waals surface area (Å²) in [4.78, 5) is 12.2. The molecule has 0 aliphatic carbocycles. The van der Waals surface area contributed by atoms with Crippen LogP contribution in [0.1, 0.15) is 34.0 Å². The van der Waals surface area contributed by atoms with Crippen molar-refractivity contribution >= 4 is 11.4 Å². The molecule has 0 saturated heterocycles. The van der Waals surface area contributed by atoms with Crippen LogP contribution < -0.4 is 17.2 Å². The topological polar surface area (TPSA) is 115 Å². The Morgan fingerprint density at radius 3 is 1.94 bits per heavy atom. The van der Waals surface area contributed by atoms with E-state index >= 15 is 0 Å². The molecule has 0 heterocycles. The molecule has 32 heavy (non-hydrogen) atoms. The van der Waals surface area contributed by atoms with Gasteiger partial charge < -0.3 is 22.3 Å². The molecule has 0 saturated carbocycles. The van der Waals surface area contributed by atoms with Crippen LogP contribution in [-0.4, -0.2) is 24.6 Å². The lowest BCUT2D eigenvalue weighted by Gasteiger charge is -2.15. The van der Waals surface area contributed by atoms with Gasteiger partial charge in [-0.2, -0.15) is 0 Å². The molecule has 0 aliphatic heterocycles. The number of hydrogen-bond donors (Lipinski definition) is 4. The number of carbonyl (C=O) groups excluding carboxylic acids is 1. The van der Waals surface area contributed by atoms with Gasteiger partial charge in [0.1, 0.15) is 0 Å². The van der Waals surface area contributed by atoms with E-state index in [0.717, 1.165) is 27.8 Å². The molecule has 0 fully saturated rings. The van der Waals surface area contributed by atoms with Gasteiger partial charge in [0.2, 0.25) is 0 Å². The fourth-order valence-electron chi connectivity index (χ4n) is 3.03. The Morgan fingerprint density at radius 1 is 0.906 bits per heavy atom. The minimum atomic E-state index is -0.641. The molecule has 0 aromatic heterocycles. The highest BCUT2D eigenvalue weighted by Gasteiger charge is 2.13. The number of aliphatic hydroxyl groups is 1. The number of ketones is 1. The number of rotatable bonds is 7. The van der Waals surface area contributed by atoms with Crippen molar-refractivity contribution in [3.8, 4) is 11.1 Å². The van der Waals surface area contributed by atoms with Crippen LogP contribution in [0.5, 0.6) is 0 Å². The molecule has 7 N–H and O–H groups in total. The third kappa shape index (κ3) is 8.06. The highest BCUT2D eigenvalue weighted by atomic mass is 16.3. The number of allylic oxidation sites excluding steroid dienone is 1. The smallest absolute Gasteiger partial charge is 0.185 e. The lowest BCUT2D eigenvalue weighted by molar-refractivity contribution is 0.104. The average Bonchev–Trinajstić information content (AvgIpc) is 2.86. The molecule has 1 atom stereocenters. The number of hydrogen-bond acceptors (Lipinski definition) is 5. The highest BCUT2D eigenvalue weighted by Crippen LogP contribution is 2.30. The molecule has 168 valence electrons. The summed E-state index contributed by atoms with van der Waals surface area (Å²) in [6, 6.07) is 25.1. The van der Waals surface area contributed by atoms with Crippen LogP contribution in [0.4, 0.5) is 0 Å². The zero-order valence-corrected chi connectivity index (χ0v) is 18.6. The summed E-state index contributed by atoms with van der Waals surface area (Å²) in [7, 11) is 1.50. The van der Waals surface area contributed by atoms with Gasteiger partial charge in [-0.15, -0.1) is 0 Å². The van der Waals surface area contributed by atoms with Gasteiger partial charge in [-0.05, 0) is 59.1 Å². The van der Waals surface area contributed by atoms with Crippen molar-refractivity contribution in [2.24, 2.45) is 17.2 Å². The van der Waals surface area contributed by atoms with Gasteiger partial charge in [0.15, 0.2) is 5.78 Å². The Hall–Kier alpha value is -3.35. The van der Waals surface area contributed by atoms with Gasteiger partial charge >= 0.3 is 0 Å². The second-order valence-corrected chi connectivity index (χ2v) is 6.70. The second kappa shape index (κ2) is 14.6. The molecule has 3 aromatic carbocycles. The summed E-state index contributed by atoms with van der Waals surface area (Å²) in [6.45, 7) is 7.99. The average molecular weight is 432 g/mol.